The maximum Gasteiger partial charge on any atom is 0.275 e. The van der Waals surface area contributed by atoms with Gasteiger partial charge in [0.25, 0.3) is 15.9 Å². The van der Waals surface area contributed by atoms with Crippen molar-refractivity contribution in [2.45, 2.75) is 225 Å². The van der Waals surface area contributed by atoms with E-state index >= 15 is 0 Å². The standard InChI is InChI=1S/C53H57NO2S2.C24H29NS.C14H15N.C10H15BrS.C4H2O4.CH4/c1-7-9-11-13-15-41-33-45(47(39-25-17-35(3)18-26-39)40-27-19-36(4)20-28-40)57-52(41)48-50(55)49(51(48)56)53-42(16-14-12-10-8-2)34-46(58-53)54(43-29-21-37(5)22-30-43)44-31-23-38(6)24-32-44;1-4-5-6-7-8-21-17-24(26-18-21)25(22-13-9-19(2)10-14-22)23-15-11-20(3)12-16-23;1-11-3-7-13(8-4-11)15-14-9-5-12(2)6-10-14;1-2-3-4-5-6-9-7-10(11)12-8-9;5-1-2(6)4(8)3(1)7;/h17-34,47H,7-16H2,1-6H3;9-18H,4-8H2,1-3H3;3-10,15H,1-2H3;7-8H,2-6H2,1H3;5-6H;1H4. The van der Waals surface area contributed by atoms with Crippen molar-refractivity contribution in [2.75, 3.05) is 10.2 Å². The lowest BCUT2D eigenvalue weighted by atomic mass is 9.83. The molecule has 9 aromatic carbocycles. The van der Waals surface area contributed by atoms with Crippen LogP contribution < -0.4 is 30.8 Å². The average molecular weight is 1740 g/mol. The molecule has 14 rings (SSSR count). The maximum atomic E-state index is 14.7. The van der Waals surface area contributed by atoms with Gasteiger partial charge in [-0.1, -0.05) is 284 Å². The van der Waals surface area contributed by atoms with Gasteiger partial charge in [-0.05, 0) is 245 Å². The van der Waals surface area contributed by atoms with E-state index in [-0.39, 0.29) is 24.9 Å². The summed E-state index contributed by atoms with van der Waals surface area (Å²) in [4.78, 5) is 39.9. The minimum Gasteiger partial charge on any atom is -0.871 e. The van der Waals surface area contributed by atoms with Gasteiger partial charge in [0.15, 0.2) is 5.78 Å². The summed E-state index contributed by atoms with van der Waals surface area (Å²) in [5.41, 5.74) is 23.1. The molecule has 628 valence electrons. The number of anilines is 5. The fraction of sp³-hybridized carbons (Fsp3) is 0.321. The Morgan fingerprint density at radius 1 is 0.442 bits per heavy atom. The Labute approximate surface area is 740 Å². The van der Waals surface area contributed by atoms with Gasteiger partial charge in [-0.15, -0.1) is 38.6 Å². The second-order valence-electron chi connectivity index (χ2n) is 31.6. The number of hydrogen-bond acceptors (Lipinski definition) is 12. The first-order valence-electron chi connectivity index (χ1n) is 42.6. The molecule has 1 aliphatic carbocycles. The first-order chi connectivity index (χ1) is 57.5. The number of benzene rings is 8. The van der Waals surface area contributed by atoms with Crippen LogP contribution in [0.1, 0.15) is 232 Å². The summed E-state index contributed by atoms with van der Waals surface area (Å²) in [5, 5.41) is 41.4. The van der Waals surface area contributed by atoms with Crippen molar-refractivity contribution in [1.29, 1.82) is 0 Å². The minimum atomic E-state index is -1.01. The van der Waals surface area contributed by atoms with Crippen LogP contribution in [-0.2, 0) is 24.1 Å². The summed E-state index contributed by atoms with van der Waals surface area (Å²) in [6, 6.07) is 76.2. The molecule has 0 atom stereocenters. The van der Waals surface area contributed by atoms with Crippen LogP contribution in [0.15, 0.2) is 264 Å². The number of thiophene rings is 3. The third-order valence-corrected chi connectivity index (χ3v) is 26.4. The normalized spacial score (nSPS) is 12.8. The second kappa shape index (κ2) is 47.5. The third-order valence-electron chi connectivity index (χ3n) is 21.5. The van der Waals surface area contributed by atoms with E-state index in [2.05, 4.69) is 343 Å². The number of carbonyl (C=O) groups excluding carboxylic acids is 1. The van der Waals surface area contributed by atoms with Crippen LogP contribution in [0, 0.1) is 55.4 Å². The molecular formula is C106H122BrN3O6S4. The van der Waals surface area contributed by atoms with E-state index in [1.165, 1.54) is 169 Å². The first-order valence-corrected chi connectivity index (χ1v) is 46.7. The van der Waals surface area contributed by atoms with E-state index in [0.29, 0.717) is 11.1 Å². The van der Waals surface area contributed by atoms with Gasteiger partial charge >= 0.3 is 0 Å². The molecule has 2 aliphatic rings. The first kappa shape index (κ1) is 94.2. The monoisotopic (exact) mass is 1740 g/mol. The van der Waals surface area contributed by atoms with Crippen molar-refractivity contribution >= 4 is 117 Å². The topological polar surface area (TPSA) is 133 Å². The molecule has 0 saturated heterocycles. The lowest BCUT2D eigenvalue weighted by molar-refractivity contribution is -0.297. The van der Waals surface area contributed by atoms with Gasteiger partial charge in [0, 0.05) is 84.8 Å². The molecule has 12 aromatic rings. The number of rotatable bonds is 31. The number of Topliss-reactive ketones (excluding diaryl/α,β-unsaturated/α-hetero) is 1. The van der Waals surface area contributed by atoms with Gasteiger partial charge in [0.2, 0.25) is 22.9 Å². The highest BCUT2D eigenvalue weighted by Crippen LogP contribution is 2.51. The molecule has 1 aliphatic heterocycles. The number of carbonyl (C=O) groups is 1. The number of thioether (sulfide) groups is 1. The molecule has 0 radical (unpaired) electrons. The number of nitrogens with zero attached hydrogens (tertiary/aromatic N) is 2. The van der Waals surface area contributed by atoms with E-state index in [0.717, 1.165) is 100 Å². The van der Waals surface area contributed by atoms with E-state index < -0.39 is 22.4 Å². The van der Waals surface area contributed by atoms with Crippen LogP contribution in [-0.4, -0.2) is 21.0 Å². The predicted molar refractivity (Wildman–Crippen MR) is 521 cm³/mol. The lowest BCUT2D eigenvalue weighted by Gasteiger charge is -2.32. The molecule has 0 bridgehead atoms. The van der Waals surface area contributed by atoms with Crippen molar-refractivity contribution < 1.29 is 20.1 Å². The fourth-order valence-electron chi connectivity index (χ4n) is 14.2. The molecule has 0 spiro atoms. The predicted octanol–water partition coefficient (Wildman–Crippen LogP) is 29.7. The Morgan fingerprint density at radius 3 is 1.21 bits per heavy atom. The van der Waals surface area contributed by atoms with Crippen LogP contribution in [0.4, 0.5) is 39.1 Å². The Bertz CT molecular complexity index is 5220. The van der Waals surface area contributed by atoms with Crippen molar-refractivity contribution in [1.82, 2.24) is 4.58 Å². The lowest BCUT2D eigenvalue weighted by Crippen LogP contribution is -2.30. The van der Waals surface area contributed by atoms with Gasteiger partial charge in [-0.2, -0.15) is 0 Å². The van der Waals surface area contributed by atoms with Crippen LogP contribution in [0.3, 0.4) is 0 Å². The number of unbranched alkanes of at least 4 members (excludes halogenated alkanes) is 12. The van der Waals surface area contributed by atoms with Gasteiger partial charge in [0.05, 0.1) is 3.79 Å². The molecule has 4 heterocycles. The number of allylic oxidation sites excluding steroid dienone is 3. The van der Waals surface area contributed by atoms with Crippen LogP contribution >= 0.6 is 61.7 Å². The number of halogens is 1. The van der Waals surface area contributed by atoms with Crippen molar-refractivity contribution in [2.24, 2.45) is 0 Å². The molecule has 14 heteroatoms. The minimum absolute atomic E-state index is 0. The molecular weight excluding hydrogens is 1620 g/mol. The Balaban J connectivity index is 0.000000213. The van der Waals surface area contributed by atoms with Crippen molar-refractivity contribution in [3.63, 3.8) is 0 Å². The zero-order valence-corrected chi connectivity index (χ0v) is 76.4. The maximum absolute atomic E-state index is 14.7. The highest BCUT2D eigenvalue weighted by molar-refractivity contribution is 9.11. The molecule has 0 saturated carbocycles. The smallest absolute Gasteiger partial charge is 0.275 e. The number of aromatic hydroxyl groups is 2. The molecule has 0 amide bonds. The second-order valence-corrected chi connectivity index (χ2v) is 36.9. The number of hydrogen-bond donors (Lipinski definition) is 3. The number of ketones is 1. The summed E-state index contributed by atoms with van der Waals surface area (Å²) >= 11 is 10.3. The highest BCUT2D eigenvalue weighted by Gasteiger charge is 2.39. The van der Waals surface area contributed by atoms with Gasteiger partial charge in [-0.3, -0.25) is 14.4 Å². The van der Waals surface area contributed by atoms with Gasteiger partial charge in [-0.25, -0.2) is 0 Å². The summed E-state index contributed by atoms with van der Waals surface area (Å²) in [6.07, 6.45) is 26.0. The van der Waals surface area contributed by atoms with Crippen molar-refractivity contribution in [3.8, 4) is 11.5 Å². The average Bonchev–Trinajstić information content (AvgIpc) is 1.29. The third kappa shape index (κ3) is 26.7. The summed E-state index contributed by atoms with van der Waals surface area (Å²) in [5.74, 6) is -1.84. The van der Waals surface area contributed by atoms with E-state index in [1.807, 2.05) is 11.3 Å². The van der Waals surface area contributed by atoms with E-state index in [9.17, 15) is 19.5 Å². The molecule has 120 heavy (non-hydrogen) atoms. The van der Waals surface area contributed by atoms with Gasteiger partial charge < -0.3 is 25.5 Å². The van der Waals surface area contributed by atoms with Crippen LogP contribution in [0.2, 0.25) is 0 Å². The van der Waals surface area contributed by atoms with Crippen molar-refractivity contribution in [3.05, 3.63) is 357 Å². The molecule has 3 aromatic heterocycles. The quantitative estimate of drug-likeness (QED) is 0.0168. The summed E-state index contributed by atoms with van der Waals surface area (Å²) in [6.45, 7) is 25.9. The zero-order chi connectivity index (χ0) is 84.9. The number of aryl methyl sites for hydroxylation is 11. The molecule has 0 unspecified atom stereocenters. The SMILES string of the molecule is C.CCCCCCC1=CC(=[N+](c2ccc(C)cc2)c2ccc(C)cc2)SC1=C1C(=O)C(c2sc(C(c3ccc(C)cc3)c3ccc(C)cc3)cc2CCCCCC)=C1[O-].CCCCCCc1csc(Br)c1.CCCCCCc1csc(N(c2ccc(C)cc2)c2ccc(C)cc2)c1.Cc1ccc(Nc2ccc(C)cc2)cc1.O=c1c(O)c(O)c1=O. The molecule has 9 nitrogen and oxygen atoms in total. The van der Waals surface area contributed by atoms with Crippen LogP contribution in [0.25, 0.3) is 5.57 Å². The summed E-state index contributed by atoms with van der Waals surface area (Å²) in [7, 11) is 0. The largest absolute Gasteiger partial charge is 0.871 e. The Hall–Kier alpha value is -9.67. The van der Waals surface area contributed by atoms with E-state index in [4.69, 9.17) is 10.2 Å². The van der Waals surface area contributed by atoms with Crippen LogP contribution in [0.5, 0.6) is 11.5 Å². The highest BCUT2D eigenvalue weighted by atomic mass is 79.9. The summed E-state index contributed by atoms with van der Waals surface area (Å²) < 4.78 is 3.53. The Kier molecular flexibility index (Phi) is 37.3. The van der Waals surface area contributed by atoms with Gasteiger partial charge in [0.1, 0.15) is 5.00 Å². The number of nitrogens with one attached hydrogen (secondary N) is 1. The Morgan fingerprint density at radius 2 is 0.817 bits per heavy atom. The fourth-order valence-corrected chi connectivity index (χ4v) is 19.2. The zero-order valence-electron chi connectivity index (χ0n) is 71.6. The molecule has 3 N–H and O–H groups in total. The molecule has 0 fully saturated rings. The van der Waals surface area contributed by atoms with E-state index in [1.54, 1.807) is 34.4 Å².